The first-order valence-electron chi connectivity index (χ1n) is 8.76. The number of rotatable bonds is 4. The van der Waals surface area contributed by atoms with Gasteiger partial charge in [-0.3, -0.25) is 14.7 Å². The van der Waals surface area contributed by atoms with Crippen LogP contribution in [0, 0.1) is 5.92 Å². The van der Waals surface area contributed by atoms with Gasteiger partial charge in [0.25, 0.3) is 5.91 Å². The van der Waals surface area contributed by atoms with Gasteiger partial charge in [0.05, 0.1) is 5.71 Å². The van der Waals surface area contributed by atoms with Crippen LogP contribution in [0.2, 0.25) is 0 Å². The summed E-state index contributed by atoms with van der Waals surface area (Å²) in [5, 5.41) is 4.08. The monoisotopic (exact) mass is 330 g/mol. The maximum atomic E-state index is 12.7. The fourth-order valence-corrected chi connectivity index (χ4v) is 3.17. The number of carbonyl (C=O) groups is 1. The molecule has 1 aromatic heterocycles. The minimum absolute atomic E-state index is 0.0811. The maximum Gasteiger partial charge on any atom is 0.266 e. The zero-order valence-corrected chi connectivity index (χ0v) is 14.5. The van der Waals surface area contributed by atoms with Crippen LogP contribution in [0.4, 0.5) is 0 Å². The molecule has 0 aliphatic carbocycles. The Morgan fingerprint density at radius 3 is 2.92 bits per heavy atom. The van der Waals surface area contributed by atoms with Gasteiger partial charge in [0.2, 0.25) is 6.10 Å². The first kappa shape index (κ1) is 16.9. The van der Waals surface area contributed by atoms with Gasteiger partial charge < -0.3 is 9.74 Å². The van der Waals surface area contributed by atoms with Gasteiger partial charge in [0, 0.05) is 51.5 Å². The zero-order chi connectivity index (χ0) is 16.9. The standard InChI is InChI=1S/C18H26N4O2/c1-14(2)16-11-17(24-20-16)18(23)22-8-4-7-21(9-10-22)13-15-5-3-6-19-12-15/h3,5-6,12,14,17H,4,7-11,13H2,1-2H3/t17-/m1/s1. The Hall–Kier alpha value is -1.95. The molecule has 1 atom stereocenters. The van der Waals surface area contributed by atoms with Crippen molar-refractivity contribution in [1.82, 2.24) is 14.8 Å². The molecule has 1 aromatic rings. The predicted octanol–water partition coefficient (Wildman–Crippen LogP) is 1.92. The molecule has 130 valence electrons. The van der Waals surface area contributed by atoms with E-state index in [1.165, 1.54) is 5.56 Å². The van der Waals surface area contributed by atoms with Crippen LogP contribution in [0.25, 0.3) is 0 Å². The Kier molecular flexibility index (Phi) is 5.45. The lowest BCUT2D eigenvalue weighted by Crippen LogP contribution is -2.41. The van der Waals surface area contributed by atoms with Crippen molar-refractivity contribution in [2.45, 2.75) is 39.3 Å². The first-order valence-corrected chi connectivity index (χ1v) is 8.76. The number of nitrogens with zero attached hydrogens (tertiary/aromatic N) is 4. The molecule has 0 aromatic carbocycles. The molecule has 3 heterocycles. The molecule has 2 aliphatic heterocycles. The molecule has 0 spiro atoms. The topological polar surface area (TPSA) is 58.0 Å². The Morgan fingerprint density at radius 1 is 1.33 bits per heavy atom. The van der Waals surface area contributed by atoms with Crippen molar-refractivity contribution in [3.05, 3.63) is 30.1 Å². The third kappa shape index (κ3) is 4.12. The molecule has 1 amide bonds. The van der Waals surface area contributed by atoms with Crippen LogP contribution < -0.4 is 0 Å². The van der Waals surface area contributed by atoms with Crippen molar-refractivity contribution >= 4 is 11.6 Å². The summed E-state index contributed by atoms with van der Waals surface area (Å²) in [5.41, 5.74) is 2.20. The Morgan fingerprint density at radius 2 is 2.21 bits per heavy atom. The van der Waals surface area contributed by atoms with E-state index in [1.54, 1.807) is 6.20 Å². The highest BCUT2D eigenvalue weighted by Gasteiger charge is 2.33. The van der Waals surface area contributed by atoms with Crippen molar-refractivity contribution < 1.29 is 9.63 Å². The number of amides is 1. The number of hydrogen-bond donors (Lipinski definition) is 0. The molecule has 0 unspecified atom stereocenters. The Bertz CT molecular complexity index is 588. The maximum absolute atomic E-state index is 12.7. The van der Waals surface area contributed by atoms with Gasteiger partial charge >= 0.3 is 0 Å². The summed E-state index contributed by atoms with van der Waals surface area (Å²) in [4.78, 5) is 26.6. The van der Waals surface area contributed by atoms with Crippen LogP contribution in [-0.2, 0) is 16.2 Å². The van der Waals surface area contributed by atoms with Gasteiger partial charge in [-0.25, -0.2) is 0 Å². The van der Waals surface area contributed by atoms with Gasteiger partial charge in [-0.05, 0) is 24.0 Å². The van der Waals surface area contributed by atoms with Crippen LogP contribution in [-0.4, -0.2) is 58.7 Å². The molecule has 3 rings (SSSR count). The van der Waals surface area contributed by atoms with E-state index in [-0.39, 0.29) is 5.91 Å². The second-order valence-electron chi connectivity index (χ2n) is 6.85. The van der Waals surface area contributed by atoms with Crippen LogP contribution in [0.1, 0.15) is 32.3 Å². The fourth-order valence-electron chi connectivity index (χ4n) is 3.17. The molecule has 0 bridgehead atoms. The van der Waals surface area contributed by atoms with E-state index >= 15 is 0 Å². The van der Waals surface area contributed by atoms with E-state index in [0.29, 0.717) is 12.3 Å². The summed E-state index contributed by atoms with van der Waals surface area (Å²) >= 11 is 0. The van der Waals surface area contributed by atoms with Crippen LogP contribution in [0.3, 0.4) is 0 Å². The lowest BCUT2D eigenvalue weighted by Gasteiger charge is -2.23. The number of aromatic nitrogens is 1. The molecular formula is C18H26N4O2. The summed E-state index contributed by atoms with van der Waals surface area (Å²) in [6.45, 7) is 8.46. The highest BCUT2D eigenvalue weighted by atomic mass is 16.6. The second kappa shape index (κ2) is 7.75. The van der Waals surface area contributed by atoms with Crippen molar-refractivity contribution in [3.63, 3.8) is 0 Å². The summed E-state index contributed by atoms with van der Waals surface area (Å²) in [6.07, 6.45) is 4.89. The van der Waals surface area contributed by atoms with Crippen LogP contribution in [0.5, 0.6) is 0 Å². The molecule has 0 radical (unpaired) electrons. The molecule has 1 saturated heterocycles. The third-order valence-corrected chi connectivity index (χ3v) is 4.66. The van der Waals surface area contributed by atoms with E-state index in [1.807, 2.05) is 17.2 Å². The zero-order valence-electron chi connectivity index (χ0n) is 14.5. The van der Waals surface area contributed by atoms with E-state index in [9.17, 15) is 4.79 Å². The minimum atomic E-state index is -0.424. The predicted molar refractivity (Wildman–Crippen MR) is 92.5 cm³/mol. The smallest absolute Gasteiger partial charge is 0.266 e. The summed E-state index contributed by atoms with van der Waals surface area (Å²) in [5.74, 6) is 0.416. The minimum Gasteiger partial charge on any atom is -0.382 e. The molecule has 1 fully saturated rings. The quantitative estimate of drug-likeness (QED) is 0.846. The first-order chi connectivity index (χ1) is 11.6. The highest BCUT2D eigenvalue weighted by molar-refractivity contribution is 5.93. The number of hydrogen-bond acceptors (Lipinski definition) is 5. The largest absolute Gasteiger partial charge is 0.382 e. The van der Waals surface area contributed by atoms with Crippen molar-refractivity contribution in [2.24, 2.45) is 11.1 Å². The SMILES string of the molecule is CC(C)C1=NO[C@@H](C(=O)N2CCCN(Cc3cccnc3)CC2)C1. The van der Waals surface area contributed by atoms with Crippen molar-refractivity contribution in [1.29, 1.82) is 0 Å². The number of carbonyl (C=O) groups excluding carboxylic acids is 1. The summed E-state index contributed by atoms with van der Waals surface area (Å²) in [6, 6.07) is 4.06. The Labute approximate surface area is 143 Å². The van der Waals surface area contributed by atoms with E-state index in [2.05, 4.69) is 35.0 Å². The molecule has 0 saturated carbocycles. The second-order valence-corrected chi connectivity index (χ2v) is 6.85. The molecule has 2 aliphatic rings. The van der Waals surface area contributed by atoms with Crippen LogP contribution in [0.15, 0.2) is 29.7 Å². The normalized spacial score (nSPS) is 22.2. The third-order valence-electron chi connectivity index (χ3n) is 4.66. The lowest BCUT2D eigenvalue weighted by molar-refractivity contribution is -0.141. The van der Waals surface area contributed by atoms with Gasteiger partial charge in [0.1, 0.15) is 0 Å². The Balaban J connectivity index is 1.51. The van der Waals surface area contributed by atoms with E-state index in [0.717, 1.165) is 44.9 Å². The fraction of sp³-hybridized carbons (Fsp3) is 0.611. The molecule has 6 nitrogen and oxygen atoms in total. The molecular weight excluding hydrogens is 304 g/mol. The average molecular weight is 330 g/mol. The highest BCUT2D eigenvalue weighted by Crippen LogP contribution is 2.19. The van der Waals surface area contributed by atoms with Gasteiger partial charge in [-0.2, -0.15) is 0 Å². The summed E-state index contributed by atoms with van der Waals surface area (Å²) in [7, 11) is 0. The van der Waals surface area contributed by atoms with E-state index < -0.39 is 6.10 Å². The number of oxime groups is 1. The van der Waals surface area contributed by atoms with Gasteiger partial charge in [-0.15, -0.1) is 0 Å². The van der Waals surface area contributed by atoms with Gasteiger partial charge in [-0.1, -0.05) is 25.1 Å². The van der Waals surface area contributed by atoms with Crippen molar-refractivity contribution in [2.75, 3.05) is 26.2 Å². The lowest BCUT2D eigenvalue weighted by atomic mass is 10.0. The summed E-state index contributed by atoms with van der Waals surface area (Å²) < 4.78 is 0. The van der Waals surface area contributed by atoms with Crippen LogP contribution >= 0.6 is 0 Å². The molecule has 0 N–H and O–H groups in total. The van der Waals surface area contributed by atoms with E-state index in [4.69, 9.17) is 4.84 Å². The van der Waals surface area contributed by atoms with Gasteiger partial charge in [0.15, 0.2) is 0 Å². The van der Waals surface area contributed by atoms with Crippen molar-refractivity contribution in [3.8, 4) is 0 Å². The molecule has 6 heteroatoms. The molecule has 24 heavy (non-hydrogen) atoms. The number of pyridine rings is 1. The average Bonchev–Trinajstić information content (AvgIpc) is 2.97.